The molecule has 3 aromatic rings. The summed E-state index contributed by atoms with van der Waals surface area (Å²) in [5, 5.41) is 3.02. The molecule has 0 fully saturated rings. The molecule has 0 bridgehead atoms. The van der Waals surface area contributed by atoms with Crippen LogP contribution in [0.5, 0.6) is 0 Å². The lowest BCUT2D eigenvalue weighted by Gasteiger charge is -2.05. The molecule has 1 aromatic heterocycles. The molecular formula is C17H10Cl2OS. The quantitative estimate of drug-likeness (QED) is 0.541. The van der Waals surface area contributed by atoms with Gasteiger partial charge in [0.05, 0.1) is 9.90 Å². The van der Waals surface area contributed by atoms with Gasteiger partial charge in [-0.15, -0.1) is 11.3 Å². The van der Waals surface area contributed by atoms with Crippen LogP contribution in [0.15, 0.2) is 60.0 Å². The van der Waals surface area contributed by atoms with Gasteiger partial charge in [-0.3, -0.25) is 4.79 Å². The molecule has 0 saturated heterocycles. The average molecular weight is 333 g/mol. The largest absolute Gasteiger partial charge is 0.288 e. The second kappa shape index (κ2) is 6.02. The van der Waals surface area contributed by atoms with Gasteiger partial charge in [0.15, 0.2) is 0 Å². The summed E-state index contributed by atoms with van der Waals surface area (Å²) in [6, 6.07) is 16.5. The van der Waals surface area contributed by atoms with E-state index in [1.54, 1.807) is 12.1 Å². The van der Waals surface area contributed by atoms with Gasteiger partial charge >= 0.3 is 0 Å². The first-order valence-electron chi connectivity index (χ1n) is 6.29. The van der Waals surface area contributed by atoms with Gasteiger partial charge in [0.25, 0.3) is 0 Å². The van der Waals surface area contributed by atoms with Crippen molar-refractivity contribution in [1.29, 1.82) is 0 Å². The number of rotatable bonds is 3. The Bertz CT molecular complexity index is 808. The standard InChI is InChI=1S/C17H10Cl2OS/c18-12-5-3-4-11(10-12)13-8-9-21-17(13)16(20)14-6-1-2-7-15(14)19/h1-10H. The molecule has 0 saturated carbocycles. The van der Waals surface area contributed by atoms with Crippen LogP contribution in [0.4, 0.5) is 0 Å². The van der Waals surface area contributed by atoms with E-state index in [4.69, 9.17) is 23.2 Å². The molecular weight excluding hydrogens is 323 g/mol. The molecule has 0 amide bonds. The molecule has 0 aliphatic heterocycles. The lowest BCUT2D eigenvalue weighted by atomic mass is 10.0. The van der Waals surface area contributed by atoms with Crippen LogP contribution in [0.1, 0.15) is 15.2 Å². The van der Waals surface area contributed by atoms with E-state index in [0.717, 1.165) is 11.1 Å². The van der Waals surface area contributed by atoms with Crippen molar-refractivity contribution in [3.63, 3.8) is 0 Å². The molecule has 104 valence electrons. The average Bonchev–Trinajstić information content (AvgIpc) is 2.96. The van der Waals surface area contributed by atoms with E-state index < -0.39 is 0 Å². The third-order valence-electron chi connectivity index (χ3n) is 3.13. The Morgan fingerprint density at radius 1 is 0.952 bits per heavy atom. The fourth-order valence-electron chi connectivity index (χ4n) is 2.14. The Morgan fingerprint density at radius 3 is 2.52 bits per heavy atom. The Kier molecular flexibility index (Phi) is 4.11. The molecule has 0 aliphatic carbocycles. The normalized spacial score (nSPS) is 10.6. The molecule has 1 nitrogen and oxygen atoms in total. The van der Waals surface area contributed by atoms with Crippen molar-refractivity contribution in [3.05, 3.63) is 80.5 Å². The van der Waals surface area contributed by atoms with Crippen molar-refractivity contribution in [3.8, 4) is 11.1 Å². The first kappa shape index (κ1) is 14.3. The summed E-state index contributed by atoms with van der Waals surface area (Å²) in [4.78, 5) is 13.4. The van der Waals surface area contributed by atoms with Gasteiger partial charge in [-0.25, -0.2) is 0 Å². The summed E-state index contributed by atoms with van der Waals surface area (Å²) in [7, 11) is 0. The van der Waals surface area contributed by atoms with E-state index >= 15 is 0 Å². The molecule has 0 spiro atoms. The minimum atomic E-state index is -0.0643. The Morgan fingerprint density at radius 2 is 1.76 bits per heavy atom. The van der Waals surface area contributed by atoms with Gasteiger partial charge in [-0.05, 0) is 41.3 Å². The highest BCUT2D eigenvalue weighted by Gasteiger charge is 2.18. The van der Waals surface area contributed by atoms with Gasteiger partial charge in [-0.1, -0.05) is 47.5 Å². The fraction of sp³-hybridized carbons (Fsp3) is 0. The highest BCUT2D eigenvalue weighted by Crippen LogP contribution is 2.32. The molecule has 21 heavy (non-hydrogen) atoms. The second-order valence-electron chi connectivity index (χ2n) is 4.48. The lowest BCUT2D eigenvalue weighted by Crippen LogP contribution is -2.01. The molecule has 1 heterocycles. The molecule has 0 N–H and O–H groups in total. The summed E-state index contributed by atoms with van der Waals surface area (Å²) in [6.07, 6.45) is 0. The smallest absolute Gasteiger partial charge is 0.205 e. The third-order valence-corrected chi connectivity index (χ3v) is 4.60. The van der Waals surface area contributed by atoms with E-state index in [1.165, 1.54) is 11.3 Å². The predicted octanol–water partition coefficient (Wildman–Crippen LogP) is 5.95. The maximum atomic E-state index is 12.7. The number of benzene rings is 2. The number of halogens is 2. The van der Waals surface area contributed by atoms with Crippen LogP contribution in [0, 0.1) is 0 Å². The maximum Gasteiger partial charge on any atom is 0.205 e. The molecule has 4 heteroatoms. The summed E-state index contributed by atoms with van der Waals surface area (Å²) in [5.41, 5.74) is 2.33. The summed E-state index contributed by atoms with van der Waals surface area (Å²) in [5.74, 6) is -0.0643. The monoisotopic (exact) mass is 332 g/mol. The van der Waals surface area contributed by atoms with E-state index in [1.807, 2.05) is 47.8 Å². The molecule has 0 atom stereocenters. The van der Waals surface area contributed by atoms with E-state index in [-0.39, 0.29) is 5.78 Å². The zero-order valence-electron chi connectivity index (χ0n) is 10.8. The van der Waals surface area contributed by atoms with Crippen LogP contribution >= 0.6 is 34.5 Å². The van der Waals surface area contributed by atoms with Gasteiger partial charge in [0, 0.05) is 16.1 Å². The van der Waals surface area contributed by atoms with Crippen molar-refractivity contribution in [2.45, 2.75) is 0 Å². The van der Waals surface area contributed by atoms with Crippen molar-refractivity contribution < 1.29 is 4.79 Å². The van der Waals surface area contributed by atoms with Crippen molar-refractivity contribution >= 4 is 40.3 Å². The van der Waals surface area contributed by atoms with Crippen LogP contribution in [-0.4, -0.2) is 5.78 Å². The first-order chi connectivity index (χ1) is 10.2. The van der Waals surface area contributed by atoms with Gasteiger partial charge < -0.3 is 0 Å². The molecule has 0 aliphatic rings. The lowest BCUT2D eigenvalue weighted by molar-refractivity contribution is 0.104. The van der Waals surface area contributed by atoms with Crippen molar-refractivity contribution in [1.82, 2.24) is 0 Å². The predicted molar refractivity (Wildman–Crippen MR) is 89.6 cm³/mol. The Labute approximate surface area is 136 Å². The SMILES string of the molecule is O=C(c1ccccc1Cl)c1sccc1-c1cccc(Cl)c1. The zero-order valence-corrected chi connectivity index (χ0v) is 13.2. The number of hydrogen-bond acceptors (Lipinski definition) is 2. The molecule has 0 unspecified atom stereocenters. The summed E-state index contributed by atoms with van der Waals surface area (Å²) in [6.45, 7) is 0. The first-order valence-corrected chi connectivity index (χ1v) is 7.93. The topological polar surface area (TPSA) is 17.1 Å². The van der Waals surface area contributed by atoms with E-state index in [0.29, 0.717) is 20.5 Å². The highest BCUT2D eigenvalue weighted by atomic mass is 35.5. The van der Waals surface area contributed by atoms with Gasteiger partial charge in [0.2, 0.25) is 5.78 Å². The van der Waals surface area contributed by atoms with Crippen LogP contribution in [0.25, 0.3) is 11.1 Å². The summed E-state index contributed by atoms with van der Waals surface area (Å²) >= 11 is 13.6. The number of hydrogen-bond donors (Lipinski definition) is 0. The minimum absolute atomic E-state index is 0.0643. The second-order valence-corrected chi connectivity index (χ2v) is 6.24. The summed E-state index contributed by atoms with van der Waals surface area (Å²) < 4.78 is 0. The fourth-order valence-corrected chi connectivity index (χ4v) is 3.42. The Balaban J connectivity index is 2.08. The minimum Gasteiger partial charge on any atom is -0.288 e. The Hall–Kier alpha value is -1.61. The molecule has 3 rings (SSSR count). The van der Waals surface area contributed by atoms with Crippen LogP contribution in [0.2, 0.25) is 10.0 Å². The number of carbonyl (C=O) groups excluding carboxylic acids is 1. The number of carbonyl (C=O) groups is 1. The van der Waals surface area contributed by atoms with Crippen LogP contribution in [-0.2, 0) is 0 Å². The van der Waals surface area contributed by atoms with Gasteiger partial charge in [-0.2, -0.15) is 0 Å². The van der Waals surface area contributed by atoms with Gasteiger partial charge in [0.1, 0.15) is 0 Å². The maximum absolute atomic E-state index is 12.7. The van der Waals surface area contributed by atoms with Crippen LogP contribution in [0.3, 0.4) is 0 Å². The van der Waals surface area contributed by atoms with Crippen molar-refractivity contribution in [2.75, 3.05) is 0 Å². The van der Waals surface area contributed by atoms with E-state index in [9.17, 15) is 4.79 Å². The van der Waals surface area contributed by atoms with Crippen LogP contribution < -0.4 is 0 Å². The number of ketones is 1. The molecule has 2 aromatic carbocycles. The highest BCUT2D eigenvalue weighted by molar-refractivity contribution is 7.12. The van der Waals surface area contributed by atoms with E-state index in [2.05, 4.69) is 0 Å². The number of thiophene rings is 1. The third kappa shape index (κ3) is 2.88. The zero-order chi connectivity index (χ0) is 14.8. The van der Waals surface area contributed by atoms with Crippen molar-refractivity contribution in [2.24, 2.45) is 0 Å². The molecule has 0 radical (unpaired) electrons.